The number of hydrazone groups is 1. The molecule has 3 rings (SSSR count). The summed E-state index contributed by atoms with van der Waals surface area (Å²) < 4.78 is 12.8. The molecule has 0 fully saturated rings. The number of benzene rings is 3. The lowest BCUT2D eigenvalue weighted by Crippen LogP contribution is -2.18. The predicted octanol–water partition coefficient (Wildman–Crippen LogP) is 6.22. The summed E-state index contributed by atoms with van der Waals surface area (Å²) in [5.74, 6) is 0.798. The normalized spacial score (nSPS) is 10.8. The molecule has 0 radical (unpaired) electrons. The maximum absolute atomic E-state index is 12.2. The Morgan fingerprint density at radius 2 is 1.83 bits per heavy atom. The van der Waals surface area contributed by atoms with Crippen molar-refractivity contribution >= 4 is 55.6 Å². The molecule has 0 aliphatic carbocycles. The van der Waals surface area contributed by atoms with E-state index in [1.54, 1.807) is 31.4 Å². The third-order valence-corrected chi connectivity index (χ3v) is 5.58. The van der Waals surface area contributed by atoms with Gasteiger partial charge in [0.15, 0.2) is 11.5 Å². The van der Waals surface area contributed by atoms with Gasteiger partial charge in [-0.15, -0.1) is 0 Å². The van der Waals surface area contributed by atoms with E-state index in [2.05, 4.69) is 42.4 Å². The van der Waals surface area contributed by atoms with Crippen molar-refractivity contribution in [1.82, 2.24) is 5.43 Å². The van der Waals surface area contributed by atoms with Crippen molar-refractivity contribution in [3.63, 3.8) is 0 Å². The zero-order chi connectivity index (χ0) is 21.5. The summed E-state index contributed by atoms with van der Waals surface area (Å²) in [4.78, 5) is 12.2. The number of carbonyl (C=O) groups excluding carboxylic acids is 1. The average Bonchev–Trinajstić information content (AvgIpc) is 2.74. The lowest BCUT2D eigenvalue weighted by atomic mass is 10.2. The zero-order valence-corrected chi connectivity index (χ0v) is 19.8. The number of nitrogens with one attached hydrogen (secondary N) is 1. The molecule has 8 heteroatoms. The fraction of sp³-hybridized carbons (Fsp3) is 0.0909. The van der Waals surface area contributed by atoms with Gasteiger partial charge in [-0.1, -0.05) is 35.9 Å². The second-order valence-corrected chi connectivity index (χ2v) is 8.27. The molecule has 0 saturated carbocycles. The summed E-state index contributed by atoms with van der Waals surface area (Å²) in [5, 5.41) is 4.71. The number of methoxy groups -OCH3 is 1. The molecule has 0 bridgehead atoms. The zero-order valence-electron chi connectivity index (χ0n) is 15.9. The topological polar surface area (TPSA) is 59.9 Å². The van der Waals surface area contributed by atoms with Crippen LogP contribution in [0, 0.1) is 0 Å². The molecule has 0 aliphatic rings. The summed E-state index contributed by atoms with van der Waals surface area (Å²) in [5.41, 5.74) is 4.72. The standard InChI is InChI=1S/C22H17Br2ClN2O3/c1-29-20-11-15(12-26-27-22(28)17-4-2-3-5-18(17)23)10-19(24)21(20)30-13-14-6-8-16(25)9-7-14/h2-12H,13H2,1H3,(H,27,28)/b26-12+. The Morgan fingerprint density at radius 1 is 1.10 bits per heavy atom. The minimum Gasteiger partial charge on any atom is -0.493 e. The molecular formula is C22H17Br2ClN2O3. The van der Waals surface area contributed by atoms with Gasteiger partial charge in [-0.3, -0.25) is 4.79 Å². The minimum atomic E-state index is -0.312. The second-order valence-electron chi connectivity index (χ2n) is 6.13. The molecule has 3 aromatic carbocycles. The average molecular weight is 553 g/mol. The van der Waals surface area contributed by atoms with E-state index in [0.717, 1.165) is 11.1 Å². The van der Waals surface area contributed by atoms with Crippen LogP contribution in [0.4, 0.5) is 0 Å². The van der Waals surface area contributed by atoms with E-state index in [1.165, 1.54) is 6.21 Å². The maximum Gasteiger partial charge on any atom is 0.272 e. The maximum atomic E-state index is 12.2. The Kier molecular flexibility index (Phi) is 7.90. The van der Waals surface area contributed by atoms with Crippen molar-refractivity contribution in [2.45, 2.75) is 6.61 Å². The third kappa shape index (κ3) is 5.84. The van der Waals surface area contributed by atoms with E-state index >= 15 is 0 Å². The summed E-state index contributed by atoms with van der Waals surface area (Å²) in [7, 11) is 1.56. The van der Waals surface area contributed by atoms with Crippen molar-refractivity contribution in [1.29, 1.82) is 0 Å². The lowest BCUT2D eigenvalue weighted by Gasteiger charge is -2.13. The van der Waals surface area contributed by atoms with E-state index in [-0.39, 0.29) is 5.91 Å². The molecule has 0 aliphatic heterocycles. The first-order valence-corrected chi connectivity index (χ1v) is 10.8. The van der Waals surface area contributed by atoms with Crippen molar-refractivity contribution < 1.29 is 14.3 Å². The fourth-order valence-electron chi connectivity index (χ4n) is 2.56. The van der Waals surface area contributed by atoms with Crippen LogP contribution in [0.2, 0.25) is 5.02 Å². The van der Waals surface area contributed by atoms with Crippen LogP contribution in [0.1, 0.15) is 21.5 Å². The molecule has 0 unspecified atom stereocenters. The van der Waals surface area contributed by atoms with Crippen LogP contribution < -0.4 is 14.9 Å². The number of hydrogen-bond acceptors (Lipinski definition) is 4. The van der Waals surface area contributed by atoms with Crippen LogP contribution in [-0.2, 0) is 6.61 Å². The third-order valence-electron chi connectivity index (χ3n) is 4.05. The van der Waals surface area contributed by atoms with Crippen LogP contribution in [0.3, 0.4) is 0 Å². The number of carbonyl (C=O) groups is 1. The molecule has 3 aromatic rings. The van der Waals surface area contributed by atoms with Crippen molar-refractivity contribution in [2.75, 3.05) is 7.11 Å². The molecule has 5 nitrogen and oxygen atoms in total. The van der Waals surface area contributed by atoms with Crippen LogP contribution >= 0.6 is 43.5 Å². The van der Waals surface area contributed by atoms with E-state index in [0.29, 0.717) is 37.6 Å². The van der Waals surface area contributed by atoms with Gasteiger partial charge in [-0.2, -0.15) is 5.10 Å². The van der Waals surface area contributed by atoms with Crippen molar-refractivity contribution in [2.24, 2.45) is 5.10 Å². The first-order chi connectivity index (χ1) is 14.5. The van der Waals surface area contributed by atoms with Gasteiger partial charge in [0.2, 0.25) is 0 Å². The number of amides is 1. The van der Waals surface area contributed by atoms with Gasteiger partial charge in [0.1, 0.15) is 6.61 Å². The largest absolute Gasteiger partial charge is 0.493 e. The summed E-state index contributed by atoms with van der Waals surface area (Å²) in [6.45, 7) is 0.363. The van der Waals surface area contributed by atoms with E-state index < -0.39 is 0 Å². The highest BCUT2D eigenvalue weighted by Crippen LogP contribution is 2.37. The van der Waals surface area contributed by atoms with Gasteiger partial charge >= 0.3 is 0 Å². The molecular weight excluding hydrogens is 536 g/mol. The summed E-state index contributed by atoms with van der Waals surface area (Å²) in [6, 6.07) is 18.2. The van der Waals surface area contributed by atoms with E-state index in [4.69, 9.17) is 21.1 Å². The Hall–Kier alpha value is -2.35. The number of hydrogen-bond donors (Lipinski definition) is 1. The number of rotatable bonds is 7. The molecule has 0 heterocycles. The molecule has 154 valence electrons. The van der Waals surface area contributed by atoms with Gasteiger partial charge in [-0.25, -0.2) is 5.43 Å². The number of ether oxygens (including phenoxy) is 2. The monoisotopic (exact) mass is 550 g/mol. The Balaban J connectivity index is 1.70. The summed E-state index contributed by atoms with van der Waals surface area (Å²) in [6.07, 6.45) is 1.53. The highest BCUT2D eigenvalue weighted by atomic mass is 79.9. The number of nitrogens with zero attached hydrogens (tertiary/aromatic N) is 1. The molecule has 30 heavy (non-hydrogen) atoms. The SMILES string of the molecule is COc1cc(/C=N/NC(=O)c2ccccc2Br)cc(Br)c1OCc1ccc(Cl)cc1. The smallest absolute Gasteiger partial charge is 0.272 e. The van der Waals surface area contributed by atoms with E-state index in [1.807, 2.05) is 36.4 Å². The molecule has 1 amide bonds. The van der Waals surface area contributed by atoms with Gasteiger partial charge in [-0.05, 0) is 79.4 Å². The van der Waals surface area contributed by atoms with Gasteiger partial charge < -0.3 is 9.47 Å². The second kappa shape index (κ2) is 10.6. The summed E-state index contributed by atoms with van der Waals surface area (Å²) >= 11 is 12.8. The quantitative estimate of drug-likeness (QED) is 0.280. The van der Waals surface area contributed by atoms with Crippen molar-refractivity contribution in [3.8, 4) is 11.5 Å². The van der Waals surface area contributed by atoms with Gasteiger partial charge in [0.25, 0.3) is 5.91 Å². The Bertz CT molecular complexity index is 1070. The Morgan fingerprint density at radius 3 is 2.53 bits per heavy atom. The highest BCUT2D eigenvalue weighted by molar-refractivity contribution is 9.10. The minimum absolute atomic E-state index is 0.312. The van der Waals surface area contributed by atoms with Gasteiger partial charge in [0, 0.05) is 9.50 Å². The van der Waals surface area contributed by atoms with Crippen LogP contribution in [0.25, 0.3) is 0 Å². The van der Waals surface area contributed by atoms with Crippen LogP contribution in [0.15, 0.2) is 74.7 Å². The number of halogens is 3. The first-order valence-electron chi connectivity index (χ1n) is 8.80. The predicted molar refractivity (Wildman–Crippen MR) is 126 cm³/mol. The Labute approximate surface area is 196 Å². The van der Waals surface area contributed by atoms with E-state index in [9.17, 15) is 4.79 Å². The first kappa shape index (κ1) is 22.3. The molecule has 0 aromatic heterocycles. The fourth-order valence-corrected chi connectivity index (χ4v) is 3.73. The van der Waals surface area contributed by atoms with Crippen molar-refractivity contribution in [3.05, 3.63) is 91.3 Å². The molecule has 0 atom stereocenters. The van der Waals surface area contributed by atoms with Crippen LogP contribution in [-0.4, -0.2) is 19.2 Å². The van der Waals surface area contributed by atoms with Crippen LogP contribution in [0.5, 0.6) is 11.5 Å². The molecule has 1 N–H and O–H groups in total. The molecule has 0 saturated heterocycles. The highest BCUT2D eigenvalue weighted by Gasteiger charge is 2.12. The van der Waals surface area contributed by atoms with Gasteiger partial charge in [0.05, 0.1) is 23.4 Å². The molecule has 0 spiro atoms. The lowest BCUT2D eigenvalue weighted by molar-refractivity contribution is 0.0954.